The zero-order valence-electron chi connectivity index (χ0n) is 13.5. The van der Waals surface area contributed by atoms with E-state index in [1.165, 1.54) is 17.8 Å². The first-order valence-electron chi connectivity index (χ1n) is 8.02. The maximum atomic E-state index is 4.66. The minimum Gasteiger partial charge on any atom is -0.296 e. The standard InChI is InChI=1S/C17H21N5S/c1-13-10-14(2)22(19-13)16-5-8-20(12-16)11-15-4-3-7-21(15)17-18-6-9-23-17/h3-4,6-7,9-10,16H,5,8,11-12H2,1-2H3. The molecule has 120 valence electrons. The van der Waals surface area contributed by atoms with Crippen molar-refractivity contribution in [1.82, 2.24) is 24.2 Å². The van der Waals surface area contributed by atoms with Crippen molar-refractivity contribution < 1.29 is 0 Å². The molecule has 6 heteroatoms. The third kappa shape index (κ3) is 2.84. The summed E-state index contributed by atoms with van der Waals surface area (Å²) < 4.78 is 4.40. The van der Waals surface area contributed by atoms with Gasteiger partial charge in [-0.3, -0.25) is 14.1 Å². The summed E-state index contributed by atoms with van der Waals surface area (Å²) in [4.78, 5) is 6.93. The molecule has 0 N–H and O–H groups in total. The van der Waals surface area contributed by atoms with E-state index in [1.807, 2.05) is 11.6 Å². The minimum atomic E-state index is 0.493. The van der Waals surface area contributed by atoms with Crippen molar-refractivity contribution in [2.45, 2.75) is 32.9 Å². The summed E-state index contributed by atoms with van der Waals surface area (Å²) in [5.74, 6) is 0. The molecular weight excluding hydrogens is 306 g/mol. The Morgan fingerprint density at radius 1 is 1.35 bits per heavy atom. The van der Waals surface area contributed by atoms with E-state index >= 15 is 0 Å². The highest BCUT2D eigenvalue weighted by atomic mass is 32.1. The van der Waals surface area contributed by atoms with Gasteiger partial charge < -0.3 is 0 Å². The lowest BCUT2D eigenvalue weighted by molar-refractivity contribution is 0.305. The summed E-state index contributed by atoms with van der Waals surface area (Å²) in [6, 6.07) is 6.95. The molecule has 1 aliphatic rings. The van der Waals surface area contributed by atoms with Gasteiger partial charge in [0.05, 0.1) is 11.7 Å². The van der Waals surface area contributed by atoms with Crippen LogP contribution in [0, 0.1) is 13.8 Å². The number of aryl methyl sites for hydroxylation is 2. The number of thiazole rings is 1. The van der Waals surface area contributed by atoms with Crippen molar-refractivity contribution in [3.8, 4) is 5.13 Å². The topological polar surface area (TPSA) is 38.9 Å². The number of hydrogen-bond acceptors (Lipinski definition) is 4. The Morgan fingerprint density at radius 3 is 3.00 bits per heavy atom. The molecule has 1 unspecified atom stereocenters. The van der Waals surface area contributed by atoms with E-state index in [9.17, 15) is 0 Å². The maximum Gasteiger partial charge on any atom is 0.193 e. The summed E-state index contributed by atoms with van der Waals surface area (Å²) in [7, 11) is 0. The molecule has 3 aromatic rings. The normalized spacial score (nSPS) is 18.8. The van der Waals surface area contributed by atoms with E-state index in [4.69, 9.17) is 0 Å². The van der Waals surface area contributed by atoms with Gasteiger partial charge in [-0.25, -0.2) is 4.98 Å². The smallest absolute Gasteiger partial charge is 0.193 e. The second kappa shape index (κ2) is 5.94. The van der Waals surface area contributed by atoms with Crippen LogP contribution in [0.3, 0.4) is 0 Å². The summed E-state index contributed by atoms with van der Waals surface area (Å²) in [6.45, 7) is 7.35. The second-order valence-electron chi connectivity index (χ2n) is 6.23. The van der Waals surface area contributed by atoms with Crippen molar-refractivity contribution >= 4 is 11.3 Å². The van der Waals surface area contributed by atoms with Gasteiger partial charge in [-0.1, -0.05) is 0 Å². The first-order valence-corrected chi connectivity index (χ1v) is 8.90. The fraction of sp³-hybridized carbons (Fsp3) is 0.412. The summed E-state index contributed by atoms with van der Waals surface area (Å²) >= 11 is 1.67. The van der Waals surface area contributed by atoms with Crippen LogP contribution in [0.1, 0.15) is 29.5 Å². The Hall–Kier alpha value is -1.92. The average molecular weight is 327 g/mol. The largest absolute Gasteiger partial charge is 0.296 e. The lowest BCUT2D eigenvalue weighted by Gasteiger charge is -2.18. The van der Waals surface area contributed by atoms with Gasteiger partial charge in [-0.05, 0) is 38.5 Å². The molecule has 4 rings (SSSR count). The van der Waals surface area contributed by atoms with E-state index in [0.717, 1.165) is 30.5 Å². The zero-order chi connectivity index (χ0) is 15.8. The molecule has 23 heavy (non-hydrogen) atoms. The fourth-order valence-corrected chi connectivity index (χ4v) is 4.12. The quantitative estimate of drug-likeness (QED) is 0.739. The van der Waals surface area contributed by atoms with Crippen molar-refractivity contribution in [2.75, 3.05) is 13.1 Å². The lowest BCUT2D eigenvalue weighted by atomic mass is 10.2. The van der Waals surface area contributed by atoms with Crippen LogP contribution in [-0.2, 0) is 6.54 Å². The van der Waals surface area contributed by atoms with Gasteiger partial charge in [0.15, 0.2) is 5.13 Å². The summed E-state index contributed by atoms with van der Waals surface area (Å²) in [6.07, 6.45) is 5.13. The summed E-state index contributed by atoms with van der Waals surface area (Å²) in [5.41, 5.74) is 3.67. The van der Waals surface area contributed by atoms with Gasteiger partial charge >= 0.3 is 0 Å². The number of nitrogens with zero attached hydrogens (tertiary/aromatic N) is 5. The summed E-state index contributed by atoms with van der Waals surface area (Å²) in [5, 5.41) is 7.72. The Balaban J connectivity index is 1.47. The third-order valence-corrected chi connectivity index (χ3v) is 5.25. The van der Waals surface area contributed by atoms with Gasteiger partial charge in [0, 0.05) is 48.8 Å². The van der Waals surface area contributed by atoms with Gasteiger partial charge in [-0.15, -0.1) is 11.3 Å². The van der Waals surface area contributed by atoms with Gasteiger partial charge in [-0.2, -0.15) is 5.10 Å². The highest BCUT2D eigenvalue weighted by Gasteiger charge is 2.26. The van der Waals surface area contributed by atoms with Crippen molar-refractivity contribution in [2.24, 2.45) is 0 Å². The Bertz CT molecular complexity index is 786. The highest BCUT2D eigenvalue weighted by molar-refractivity contribution is 7.12. The number of likely N-dealkylation sites (tertiary alicyclic amines) is 1. The van der Waals surface area contributed by atoms with Crippen LogP contribution in [-0.4, -0.2) is 37.3 Å². The first-order chi connectivity index (χ1) is 11.2. The molecule has 0 aromatic carbocycles. The molecule has 0 radical (unpaired) electrons. The Kier molecular flexibility index (Phi) is 3.79. The van der Waals surface area contributed by atoms with E-state index in [-0.39, 0.29) is 0 Å². The predicted molar refractivity (Wildman–Crippen MR) is 92.1 cm³/mol. The van der Waals surface area contributed by atoms with Crippen LogP contribution in [0.5, 0.6) is 0 Å². The Labute approximate surface area is 140 Å². The third-order valence-electron chi connectivity index (χ3n) is 4.48. The van der Waals surface area contributed by atoms with Crippen LogP contribution in [0.2, 0.25) is 0 Å². The Morgan fingerprint density at radius 2 is 2.26 bits per heavy atom. The van der Waals surface area contributed by atoms with Gasteiger partial charge in [0.1, 0.15) is 0 Å². The number of aromatic nitrogens is 4. The molecule has 0 saturated carbocycles. The molecule has 1 aliphatic heterocycles. The molecule has 1 atom stereocenters. The van der Waals surface area contributed by atoms with Crippen LogP contribution in [0.15, 0.2) is 36.0 Å². The van der Waals surface area contributed by atoms with E-state index in [1.54, 1.807) is 11.3 Å². The zero-order valence-corrected chi connectivity index (χ0v) is 14.3. The molecule has 5 nitrogen and oxygen atoms in total. The van der Waals surface area contributed by atoms with Crippen LogP contribution in [0.25, 0.3) is 5.13 Å². The van der Waals surface area contributed by atoms with Crippen LogP contribution >= 0.6 is 11.3 Å². The molecule has 0 bridgehead atoms. The first kappa shape index (κ1) is 14.7. The SMILES string of the molecule is Cc1cc(C)n(C2CCN(Cc3cccn3-c3nccs3)C2)n1. The predicted octanol–water partition coefficient (Wildman–Crippen LogP) is 3.19. The lowest BCUT2D eigenvalue weighted by Crippen LogP contribution is -2.23. The monoisotopic (exact) mass is 327 g/mol. The van der Waals surface area contributed by atoms with Crippen molar-refractivity contribution in [1.29, 1.82) is 0 Å². The molecule has 1 saturated heterocycles. The maximum absolute atomic E-state index is 4.66. The van der Waals surface area contributed by atoms with E-state index < -0.39 is 0 Å². The molecule has 0 aliphatic carbocycles. The molecule has 0 amide bonds. The number of hydrogen-bond donors (Lipinski definition) is 0. The fourth-order valence-electron chi connectivity index (χ4n) is 3.47. The van der Waals surface area contributed by atoms with Gasteiger partial charge in [0.25, 0.3) is 0 Å². The molecule has 4 heterocycles. The second-order valence-corrected chi connectivity index (χ2v) is 7.11. The average Bonchev–Trinajstić information content (AvgIpc) is 3.27. The number of rotatable bonds is 4. The van der Waals surface area contributed by atoms with E-state index in [0.29, 0.717) is 6.04 Å². The minimum absolute atomic E-state index is 0.493. The van der Waals surface area contributed by atoms with Crippen molar-refractivity contribution in [3.63, 3.8) is 0 Å². The van der Waals surface area contributed by atoms with Crippen LogP contribution < -0.4 is 0 Å². The molecule has 3 aromatic heterocycles. The highest BCUT2D eigenvalue weighted by Crippen LogP contribution is 2.25. The van der Waals surface area contributed by atoms with Gasteiger partial charge in [0.2, 0.25) is 0 Å². The van der Waals surface area contributed by atoms with Crippen molar-refractivity contribution in [3.05, 3.63) is 53.1 Å². The van der Waals surface area contributed by atoms with Crippen LogP contribution in [0.4, 0.5) is 0 Å². The molecule has 0 spiro atoms. The van der Waals surface area contributed by atoms with E-state index in [2.05, 4.69) is 62.5 Å². The molecular formula is C17H21N5S. The molecule has 1 fully saturated rings.